The molecule has 0 radical (unpaired) electrons. The smallest absolute Gasteiger partial charge is 0.166 e. The van der Waals surface area contributed by atoms with Crippen molar-refractivity contribution in [3.05, 3.63) is 34.6 Å². The molecule has 2 aliphatic rings. The van der Waals surface area contributed by atoms with Crippen molar-refractivity contribution >= 4 is 5.78 Å². The number of Topliss-reactive ketones (excluding diaryl/α,β-unsaturated/α-hetero) is 1. The zero-order valence-electron chi connectivity index (χ0n) is 11.0. The lowest BCUT2D eigenvalue weighted by molar-refractivity contribution is 0.0873. The quantitative estimate of drug-likeness (QED) is 0.719. The van der Waals surface area contributed by atoms with E-state index >= 15 is 0 Å². The van der Waals surface area contributed by atoms with Crippen LogP contribution >= 0.6 is 0 Å². The van der Waals surface area contributed by atoms with E-state index in [0.29, 0.717) is 5.92 Å². The van der Waals surface area contributed by atoms with E-state index in [1.807, 2.05) is 13.8 Å². The Hall–Kier alpha value is -1.18. The topological polar surface area (TPSA) is 17.1 Å². The lowest BCUT2D eigenvalue weighted by Crippen LogP contribution is -2.22. The number of fused-ring (bicyclic) bond motifs is 2. The van der Waals surface area contributed by atoms with Gasteiger partial charge in [0.05, 0.1) is 0 Å². The van der Waals surface area contributed by atoms with Crippen LogP contribution in [0, 0.1) is 37.4 Å². The predicted octanol–water partition coefficient (Wildman–Crippen LogP) is 4.06. The van der Waals surface area contributed by atoms with E-state index < -0.39 is 0 Å². The fourth-order valence-corrected chi connectivity index (χ4v) is 4.05. The standard InChI is InChI=1S/C16H19FO/c1-9-5-13(17)6-10(2)15(9)16(18)14-8-11-3-4-12(14)7-11/h5-6,11-12,14H,3-4,7-8H2,1-2H3. The first-order valence-corrected chi connectivity index (χ1v) is 6.87. The number of benzene rings is 1. The summed E-state index contributed by atoms with van der Waals surface area (Å²) in [4.78, 5) is 12.7. The Kier molecular flexibility index (Phi) is 2.76. The second kappa shape index (κ2) is 4.18. The highest BCUT2D eigenvalue weighted by Crippen LogP contribution is 2.49. The van der Waals surface area contributed by atoms with Gasteiger partial charge in [-0.05, 0) is 68.2 Å². The average molecular weight is 246 g/mol. The Morgan fingerprint density at radius 1 is 1.17 bits per heavy atom. The summed E-state index contributed by atoms with van der Waals surface area (Å²) in [5.41, 5.74) is 2.36. The van der Waals surface area contributed by atoms with E-state index in [9.17, 15) is 9.18 Å². The van der Waals surface area contributed by atoms with Crippen LogP contribution in [0.4, 0.5) is 4.39 Å². The Morgan fingerprint density at radius 2 is 1.83 bits per heavy atom. The van der Waals surface area contributed by atoms with Crippen molar-refractivity contribution in [1.82, 2.24) is 0 Å². The molecular weight excluding hydrogens is 227 g/mol. The maximum absolute atomic E-state index is 13.3. The van der Waals surface area contributed by atoms with Crippen LogP contribution in [0.25, 0.3) is 0 Å². The lowest BCUT2D eigenvalue weighted by atomic mass is 9.81. The van der Waals surface area contributed by atoms with E-state index in [4.69, 9.17) is 0 Å². The molecule has 1 aromatic rings. The highest BCUT2D eigenvalue weighted by Gasteiger charge is 2.43. The van der Waals surface area contributed by atoms with Crippen molar-refractivity contribution in [3.63, 3.8) is 0 Å². The average Bonchev–Trinajstić information content (AvgIpc) is 2.88. The second-order valence-corrected chi connectivity index (χ2v) is 6.06. The van der Waals surface area contributed by atoms with Gasteiger partial charge in [-0.2, -0.15) is 0 Å². The molecule has 3 rings (SSSR count). The summed E-state index contributed by atoms with van der Waals surface area (Å²) < 4.78 is 13.3. The van der Waals surface area contributed by atoms with E-state index in [0.717, 1.165) is 29.0 Å². The summed E-state index contributed by atoms with van der Waals surface area (Å²) in [5.74, 6) is 1.58. The zero-order chi connectivity index (χ0) is 12.9. The molecule has 1 nitrogen and oxygen atoms in total. The molecule has 0 heterocycles. The van der Waals surface area contributed by atoms with Crippen LogP contribution in [-0.4, -0.2) is 5.78 Å². The van der Waals surface area contributed by atoms with Crippen LogP contribution in [0.3, 0.4) is 0 Å². The third-order valence-corrected chi connectivity index (χ3v) is 4.82. The molecule has 3 atom stereocenters. The van der Waals surface area contributed by atoms with Crippen molar-refractivity contribution < 1.29 is 9.18 Å². The fourth-order valence-electron chi connectivity index (χ4n) is 4.05. The van der Waals surface area contributed by atoms with Gasteiger partial charge in [-0.3, -0.25) is 4.79 Å². The summed E-state index contributed by atoms with van der Waals surface area (Å²) in [6, 6.07) is 2.96. The Balaban J connectivity index is 1.93. The molecule has 0 aromatic heterocycles. The normalized spacial score (nSPS) is 29.8. The van der Waals surface area contributed by atoms with Gasteiger partial charge in [0, 0.05) is 11.5 Å². The van der Waals surface area contributed by atoms with Crippen LogP contribution in [0.5, 0.6) is 0 Å². The van der Waals surface area contributed by atoms with Gasteiger partial charge in [0.15, 0.2) is 5.78 Å². The molecule has 0 spiro atoms. The van der Waals surface area contributed by atoms with E-state index in [-0.39, 0.29) is 17.5 Å². The van der Waals surface area contributed by atoms with Gasteiger partial charge in [-0.15, -0.1) is 0 Å². The Labute approximate surface area is 107 Å². The number of halogens is 1. The Morgan fingerprint density at radius 3 is 2.33 bits per heavy atom. The van der Waals surface area contributed by atoms with Gasteiger partial charge in [0.2, 0.25) is 0 Å². The van der Waals surface area contributed by atoms with Gasteiger partial charge in [-0.1, -0.05) is 6.42 Å². The number of hydrogen-bond donors (Lipinski definition) is 0. The summed E-state index contributed by atoms with van der Waals surface area (Å²) in [5, 5.41) is 0. The first-order valence-electron chi connectivity index (χ1n) is 6.87. The van der Waals surface area contributed by atoms with E-state index in [1.54, 1.807) is 0 Å². The number of carbonyl (C=O) groups is 1. The maximum atomic E-state index is 13.3. The minimum absolute atomic E-state index is 0.201. The molecule has 18 heavy (non-hydrogen) atoms. The molecule has 2 fully saturated rings. The minimum atomic E-state index is -0.241. The van der Waals surface area contributed by atoms with Crippen LogP contribution in [-0.2, 0) is 0 Å². The Bertz CT molecular complexity index is 483. The second-order valence-electron chi connectivity index (χ2n) is 6.06. The highest BCUT2D eigenvalue weighted by atomic mass is 19.1. The number of rotatable bonds is 2. The molecule has 3 unspecified atom stereocenters. The molecule has 2 saturated carbocycles. The van der Waals surface area contributed by atoms with Crippen molar-refractivity contribution in [1.29, 1.82) is 0 Å². The van der Waals surface area contributed by atoms with Gasteiger partial charge in [0.25, 0.3) is 0 Å². The van der Waals surface area contributed by atoms with Gasteiger partial charge in [-0.25, -0.2) is 4.39 Å². The number of aryl methyl sites for hydroxylation is 2. The SMILES string of the molecule is Cc1cc(F)cc(C)c1C(=O)C1CC2CCC1C2. The first-order chi connectivity index (χ1) is 8.56. The summed E-state index contributed by atoms with van der Waals surface area (Å²) in [7, 11) is 0. The highest BCUT2D eigenvalue weighted by molar-refractivity contribution is 6.00. The van der Waals surface area contributed by atoms with Crippen LogP contribution in [0.1, 0.15) is 47.2 Å². The maximum Gasteiger partial charge on any atom is 0.166 e. The summed E-state index contributed by atoms with van der Waals surface area (Å²) in [6.07, 6.45) is 4.80. The largest absolute Gasteiger partial charge is 0.294 e. The van der Waals surface area contributed by atoms with Crippen molar-refractivity contribution in [2.24, 2.45) is 17.8 Å². The molecule has 96 valence electrons. The number of hydrogen-bond acceptors (Lipinski definition) is 1. The molecule has 0 N–H and O–H groups in total. The summed E-state index contributed by atoms with van der Waals surface area (Å²) in [6.45, 7) is 3.69. The van der Waals surface area contributed by atoms with Gasteiger partial charge >= 0.3 is 0 Å². The predicted molar refractivity (Wildman–Crippen MR) is 69.1 cm³/mol. The molecule has 0 saturated heterocycles. The van der Waals surface area contributed by atoms with E-state index in [1.165, 1.54) is 31.4 Å². The van der Waals surface area contributed by atoms with Gasteiger partial charge < -0.3 is 0 Å². The van der Waals surface area contributed by atoms with Crippen LogP contribution in [0.2, 0.25) is 0 Å². The lowest BCUT2D eigenvalue weighted by Gasteiger charge is -2.22. The third-order valence-electron chi connectivity index (χ3n) is 4.82. The summed E-state index contributed by atoms with van der Waals surface area (Å²) >= 11 is 0. The van der Waals surface area contributed by atoms with Crippen molar-refractivity contribution in [2.75, 3.05) is 0 Å². The molecule has 2 bridgehead atoms. The third kappa shape index (κ3) is 1.79. The molecule has 1 aromatic carbocycles. The molecule has 0 amide bonds. The molecule has 2 aliphatic carbocycles. The van der Waals surface area contributed by atoms with Crippen LogP contribution < -0.4 is 0 Å². The van der Waals surface area contributed by atoms with Crippen molar-refractivity contribution in [2.45, 2.75) is 39.5 Å². The van der Waals surface area contributed by atoms with Crippen LogP contribution in [0.15, 0.2) is 12.1 Å². The van der Waals surface area contributed by atoms with Crippen molar-refractivity contribution in [3.8, 4) is 0 Å². The monoisotopic (exact) mass is 246 g/mol. The first kappa shape index (κ1) is 11.9. The molecule has 0 aliphatic heterocycles. The number of carbonyl (C=O) groups excluding carboxylic acids is 1. The molecular formula is C16H19FO. The van der Waals surface area contributed by atoms with Gasteiger partial charge in [0.1, 0.15) is 5.82 Å². The molecule has 2 heteroatoms. The van der Waals surface area contributed by atoms with E-state index in [2.05, 4.69) is 0 Å². The number of ketones is 1. The fraction of sp³-hybridized carbons (Fsp3) is 0.562. The minimum Gasteiger partial charge on any atom is -0.294 e. The zero-order valence-corrected chi connectivity index (χ0v) is 11.0.